The van der Waals surface area contributed by atoms with E-state index >= 15 is 0 Å². The Morgan fingerprint density at radius 3 is 2.57 bits per heavy atom. The van der Waals surface area contributed by atoms with Gasteiger partial charge in [-0.25, -0.2) is 0 Å². The molecule has 1 aliphatic heterocycles. The number of allylic oxidation sites excluding steroid dienone is 5. The van der Waals surface area contributed by atoms with E-state index in [0.717, 1.165) is 19.3 Å². The highest BCUT2D eigenvalue weighted by Crippen LogP contribution is 2.45. The number of hydrogen-bond acceptors (Lipinski definition) is 1. The van der Waals surface area contributed by atoms with Crippen LogP contribution in [0, 0.1) is 5.92 Å². The Bertz CT molecular complexity index is 443. The van der Waals surface area contributed by atoms with Gasteiger partial charge in [-0.15, -0.1) is 0 Å². The van der Waals surface area contributed by atoms with Gasteiger partial charge in [0, 0.05) is 0 Å². The molecule has 0 amide bonds. The SMILES string of the molecule is C=C(C)C1CC/C(C)=C/CC/C(C)=C/CCC2(C)OC2C1. The first-order valence-corrected chi connectivity index (χ1v) is 8.55. The summed E-state index contributed by atoms with van der Waals surface area (Å²) in [6, 6.07) is 0. The van der Waals surface area contributed by atoms with E-state index in [0.29, 0.717) is 12.0 Å². The summed E-state index contributed by atoms with van der Waals surface area (Å²) in [7, 11) is 0. The highest BCUT2D eigenvalue weighted by atomic mass is 16.6. The zero-order chi connectivity index (χ0) is 15.5. The molecule has 0 radical (unpaired) electrons. The molecule has 2 rings (SSSR count). The van der Waals surface area contributed by atoms with Crippen molar-refractivity contribution in [3.05, 3.63) is 35.5 Å². The molecule has 0 bridgehead atoms. The molecule has 2 aliphatic rings. The second-order valence-corrected chi connectivity index (χ2v) is 7.42. The Morgan fingerprint density at radius 2 is 1.86 bits per heavy atom. The lowest BCUT2D eigenvalue weighted by atomic mass is 9.86. The monoisotopic (exact) mass is 288 g/mol. The van der Waals surface area contributed by atoms with Crippen LogP contribution in [0.2, 0.25) is 0 Å². The molecule has 21 heavy (non-hydrogen) atoms. The summed E-state index contributed by atoms with van der Waals surface area (Å²) >= 11 is 0. The largest absolute Gasteiger partial charge is 0.366 e. The number of rotatable bonds is 1. The Morgan fingerprint density at radius 1 is 1.19 bits per heavy atom. The van der Waals surface area contributed by atoms with Crippen LogP contribution in [0.3, 0.4) is 0 Å². The maximum atomic E-state index is 6.04. The minimum atomic E-state index is 0.124. The smallest absolute Gasteiger partial charge is 0.0923 e. The van der Waals surface area contributed by atoms with E-state index in [1.54, 1.807) is 0 Å². The average molecular weight is 288 g/mol. The zero-order valence-corrected chi connectivity index (χ0v) is 14.4. The lowest BCUT2D eigenvalue weighted by molar-refractivity contribution is 0.289. The fourth-order valence-electron chi connectivity index (χ4n) is 3.39. The van der Waals surface area contributed by atoms with Crippen LogP contribution in [0.5, 0.6) is 0 Å². The Kier molecular flexibility index (Phi) is 5.48. The predicted molar refractivity (Wildman–Crippen MR) is 91.4 cm³/mol. The first-order chi connectivity index (χ1) is 9.90. The third kappa shape index (κ3) is 4.85. The third-order valence-corrected chi connectivity index (χ3v) is 5.28. The summed E-state index contributed by atoms with van der Waals surface area (Å²) in [6.07, 6.45) is 13.6. The maximum absolute atomic E-state index is 6.04. The molecule has 1 heteroatoms. The van der Waals surface area contributed by atoms with Gasteiger partial charge >= 0.3 is 0 Å². The second-order valence-electron chi connectivity index (χ2n) is 7.42. The maximum Gasteiger partial charge on any atom is 0.0923 e. The molecule has 0 N–H and O–H groups in total. The van der Waals surface area contributed by atoms with Crippen molar-refractivity contribution in [1.29, 1.82) is 0 Å². The molecule has 1 aliphatic carbocycles. The summed E-state index contributed by atoms with van der Waals surface area (Å²) in [6.45, 7) is 13.2. The molecular formula is C20H32O. The van der Waals surface area contributed by atoms with E-state index in [-0.39, 0.29) is 5.60 Å². The molecule has 1 fully saturated rings. The van der Waals surface area contributed by atoms with Gasteiger partial charge in [0.2, 0.25) is 0 Å². The lowest BCUT2D eigenvalue weighted by Crippen LogP contribution is -2.14. The summed E-state index contributed by atoms with van der Waals surface area (Å²) in [4.78, 5) is 0. The van der Waals surface area contributed by atoms with Crippen molar-refractivity contribution in [2.45, 2.75) is 84.3 Å². The van der Waals surface area contributed by atoms with Crippen LogP contribution in [-0.2, 0) is 4.74 Å². The average Bonchev–Trinajstić information content (AvgIpc) is 3.03. The van der Waals surface area contributed by atoms with Crippen molar-refractivity contribution in [1.82, 2.24) is 0 Å². The Labute approximate surface area is 131 Å². The van der Waals surface area contributed by atoms with Gasteiger partial charge in [0.05, 0.1) is 11.7 Å². The van der Waals surface area contributed by atoms with Gasteiger partial charge < -0.3 is 4.74 Å². The predicted octanol–water partition coefficient (Wildman–Crippen LogP) is 5.97. The molecule has 0 saturated carbocycles. The van der Waals surface area contributed by atoms with Crippen molar-refractivity contribution in [3.63, 3.8) is 0 Å². The van der Waals surface area contributed by atoms with E-state index < -0.39 is 0 Å². The quantitative estimate of drug-likeness (QED) is 0.427. The first kappa shape index (κ1) is 16.5. The highest BCUT2D eigenvalue weighted by molar-refractivity contribution is 5.10. The topological polar surface area (TPSA) is 12.5 Å². The van der Waals surface area contributed by atoms with E-state index in [9.17, 15) is 0 Å². The molecule has 3 unspecified atom stereocenters. The first-order valence-electron chi connectivity index (χ1n) is 8.55. The van der Waals surface area contributed by atoms with Gasteiger partial charge in [-0.2, -0.15) is 0 Å². The van der Waals surface area contributed by atoms with Crippen molar-refractivity contribution in [2.75, 3.05) is 0 Å². The summed E-state index contributed by atoms with van der Waals surface area (Å²) in [5.41, 5.74) is 4.50. The van der Waals surface area contributed by atoms with Crippen LogP contribution in [-0.4, -0.2) is 11.7 Å². The standard InChI is InChI=1S/C20H32O/c1-15(2)18-12-11-17(4)9-6-8-16(3)10-7-13-20(5)19(14-18)21-20/h9-10,18-19H,1,6-8,11-14H2,2-5H3/b16-10+,17-9+. The van der Waals surface area contributed by atoms with Crippen LogP contribution >= 0.6 is 0 Å². The molecule has 0 aromatic rings. The summed E-state index contributed by atoms with van der Waals surface area (Å²) in [5, 5.41) is 0. The molecule has 1 saturated heterocycles. The van der Waals surface area contributed by atoms with E-state index in [1.807, 2.05) is 0 Å². The number of hydrogen-bond donors (Lipinski definition) is 0. The van der Waals surface area contributed by atoms with Crippen molar-refractivity contribution in [3.8, 4) is 0 Å². The summed E-state index contributed by atoms with van der Waals surface area (Å²) < 4.78 is 6.04. The van der Waals surface area contributed by atoms with Gasteiger partial charge in [-0.05, 0) is 78.6 Å². The molecule has 118 valence electrons. The zero-order valence-electron chi connectivity index (χ0n) is 14.4. The molecule has 0 spiro atoms. The Balaban J connectivity index is 2.05. The van der Waals surface area contributed by atoms with Crippen molar-refractivity contribution in [2.24, 2.45) is 5.92 Å². The minimum Gasteiger partial charge on any atom is -0.366 e. The molecular weight excluding hydrogens is 256 g/mol. The van der Waals surface area contributed by atoms with Gasteiger partial charge in [0.25, 0.3) is 0 Å². The van der Waals surface area contributed by atoms with Crippen molar-refractivity contribution < 1.29 is 4.74 Å². The molecule has 3 atom stereocenters. The molecule has 1 heterocycles. The summed E-state index contributed by atoms with van der Waals surface area (Å²) in [5.74, 6) is 0.611. The fraction of sp³-hybridized carbons (Fsp3) is 0.700. The van der Waals surface area contributed by atoms with E-state index in [1.165, 1.54) is 42.4 Å². The van der Waals surface area contributed by atoms with Gasteiger partial charge in [0.1, 0.15) is 0 Å². The van der Waals surface area contributed by atoms with E-state index in [2.05, 4.69) is 46.4 Å². The fourth-order valence-corrected chi connectivity index (χ4v) is 3.39. The third-order valence-electron chi connectivity index (χ3n) is 5.28. The van der Waals surface area contributed by atoms with Crippen LogP contribution in [0.1, 0.15) is 72.6 Å². The van der Waals surface area contributed by atoms with Crippen LogP contribution in [0.15, 0.2) is 35.5 Å². The second kappa shape index (κ2) is 6.96. The molecule has 0 aromatic heterocycles. The van der Waals surface area contributed by atoms with Crippen LogP contribution in [0.4, 0.5) is 0 Å². The normalized spacial score (nSPS) is 40.0. The molecule has 1 nitrogen and oxygen atoms in total. The Hall–Kier alpha value is -0.820. The van der Waals surface area contributed by atoms with Gasteiger partial charge in [-0.1, -0.05) is 35.5 Å². The van der Waals surface area contributed by atoms with Crippen LogP contribution < -0.4 is 0 Å². The van der Waals surface area contributed by atoms with Gasteiger partial charge in [0.15, 0.2) is 0 Å². The van der Waals surface area contributed by atoms with Crippen LogP contribution in [0.25, 0.3) is 0 Å². The van der Waals surface area contributed by atoms with E-state index in [4.69, 9.17) is 4.74 Å². The van der Waals surface area contributed by atoms with Gasteiger partial charge in [-0.3, -0.25) is 0 Å². The molecule has 0 aromatic carbocycles. The highest BCUT2D eigenvalue weighted by Gasteiger charge is 2.51. The number of ether oxygens (including phenoxy) is 1. The number of epoxide rings is 1. The van der Waals surface area contributed by atoms with Crippen molar-refractivity contribution >= 4 is 0 Å². The minimum absolute atomic E-state index is 0.124. The lowest BCUT2D eigenvalue weighted by Gasteiger charge is -2.17. The number of fused-ring (bicyclic) bond motifs is 1.